The molecule has 21 heavy (non-hydrogen) atoms. The summed E-state index contributed by atoms with van der Waals surface area (Å²) in [6.45, 7) is 2.21. The fourth-order valence-corrected chi connectivity index (χ4v) is 2.23. The normalized spacial score (nSPS) is 13.4. The van der Waals surface area contributed by atoms with Gasteiger partial charge in [0.1, 0.15) is 5.82 Å². The highest BCUT2D eigenvalue weighted by atomic mass is 19.4. The fraction of sp³-hybridized carbons (Fsp3) is 0.357. The monoisotopic (exact) mass is 301 g/mol. The van der Waals surface area contributed by atoms with E-state index in [9.17, 15) is 17.6 Å². The number of halogens is 4. The number of hydrogen-bond acceptors (Lipinski definition) is 2. The largest absolute Gasteiger partial charge is 0.416 e. The van der Waals surface area contributed by atoms with E-state index >= 15 is 0 Å². The van der Waals surface area contributed by atoms with Crippen LogP contribution in [0.3, 0.4) is 0 Å². The van der Waals surface area contributed by atoms with Crippen molar-refractivity contribution in [2.45, 2.75) is 19.1 Å². The number of hydrogen-bond donors (Lipinski definition) is 1. The number of aryl methyl sites for hydroxylation is 1. The molecular weight excluding hydrogens is 286 g/mol. The highest BCUT2D eigenvalue weighted by molar-refractivity contribution is 5.38. The zero-order valence-electron chi connectivity index (χ0n) is 11.6. The summed E-state index contributed by atoms with van der Waals surface area (Å²) in [6.07, 6.45) is -1.46. The SMILES string of the molecule is CCNC(c1cnn(C)c1)c1cc(F)ccc1C(F)(F)F. The minimum Gasteiger partial charge on any atom is -0.306 e. The molecule has 0 radical (unpaired) electrons. The molecule has 0 aliphatic heterocycles. The molecule has 0 amide bonds. The predicted octanol–water partition coefficient (Wildman–Crippen LogP) is 3.28. The molecule has 2 rings (SSSR count). The van der Waals surface area contributed by atoms with Crippen molar-refractivity contribution in [3.8, 4) is 0 Å². The summed E-state index contributed by atoms with van der Waals surface area (Å²) in [5.74, 6) is -0.704. The van der Waals surface area contributed by atoms with Crippen LogP contribution in [0.15, 0.2) is 30.6 Å². The molecule has 0 bridgehead atoms. The number of rotatable bonds is 4. The number of aromatic nitrogens is 2. The van der Waals surface area contributed by atoms with Crippen LogP contribution in [0.25, 0.3) is 0 Å². The van der Waals surface area contributed by atoms with Crippen LogP contribution < -0.4 is 5.32 Å². The lowest BCUT2D eigenvalue weighted by Crippen LogP contribution is -2.25. The Morgan fingerprint density at radius 3 is 2.57 bits per heavy atom. The van der Waals surface area contributed by atoms with Crippen molar-refractivity contribution >= 4 is 0 Å². The van der Waals surface area contributed by atoms with E-state index in [-0.39, 0.29) is 5.56 Å². The van der Waals surface area contributed by atoms with Crippen LogP contribution in [-0.2, 0) is 13.2 Å². The molecule has 114 valence electrons. The van der Waals surface area contributed by atoms with Gasteiger partial charge in [0.2, 0.25) is 0 Å². The van der Waals surface area contributed by atoms with E-state index in [1.807, 2.05) is 0 Å². The molecule has 0 spiro atoms. The Morgan fingerprint density at radius 2 is 2.05 bits per heavy atom. The number of nitrogens with zero attached hydrogens (tertiary/aromatic N) is 2. The summed E-state index contributed by atoms with van der Waals surface area (Å²) in [5, 5.41) is 6.91. The molecule has 7 heteroatoms. The van der Waals surface area contributed by atoms with E-state index in [0.29, 0.717) is 12.1 Å². The number of nitrogens with one attached hydrogen (secondary N) is 1. The van der Waals surface area contributed by atoms with Crippen molar-refractivity contribution in [2.24, 2.45) is 7.05 Å². The smallest absolute Gasteiger partial charge is 0.306 e. The van der Waals surface area contributed by atoms with E-state index < -0.39 is 23.6 Å². The van der Waals surface area contributed by atoms with Crippen LogP contribution in [0.2, 0.25) is 0 Å². The summed E-state index contributed by atoms with van der Waals surface area (Å²) in [6, 6.07) is 1.74. The van der Waals surface area contributed by atoms with E-state index in [1.165, 1.54) is 10.9 Å². The lowest BCUT2D eigenvalue weighted by molar-refractivity contribution is -0.138. The minimum absolute atomic E-state index is 0.141. The average molecular weight is 301 g/mol. The molecule has 0 fully saturated rings. The molecule has 3 nitrogen and oxygen atoms in total. The third-order valence-electron chi connectivity index (χ3n) is 3.10. The van der Waals surface area contributed by atoms with Crippen LogP contribution in [0.5, 0.6) is 0 Å². The first-order chi connectivity index (χ1) is 9.82. The third kappa shape index (κ3) is 3.41. The van der Waals surface area contributed by atoms with Crippen LogP contribution in [0.1, 0.15) is 29.7 Å². The first kappa shape index (κ1) is 15.5. The van der Waals surface area contributed by atoms with E-state index in [4.69, 9.17) is 0 Å². The van der Waals surface area contributed by atoms with Crippen molar-refractivity contribution < 1.29 is 17.6 Å². The molecule has 0 aliphatic carbocycles. The number of alkyl halides is 3. The van der Waals surface area contributed by atoms with Gasteiger partial charge >= 0.3 is 6.18 Å². The highest BCUT2D eigenvalue weighted by Gasteiger charge is 2.36. The quantitative estimate of drug-likeness (QED) is 0.878. The fourth-order valence-electron chi connectivity index (χ4n) is 2.23. The van der Waals surface area contributed by atoms with Gasteiger partial charge in [-0.25, -0.2) is 4.39 Å². The van der Waals surface area contributed by atoms with Crippen molar-refractivity contribution in [1.82, 2.24) is 15.1 Å². The van der Waals surface area contributed by atoms with Crippen molar-refractivity contribution in [3.63, 3.8) is 0 Å². The van der Waals surface area contributed by atoms with Crippen LogP contribution in [0.4, 0.5) is 17.6 Å². The van der Waals surface area contributed by atoms with Gasteiger partial charge in [0.05, 0.1) is 17.8 Å². The first-order valence-electron chi connectivity index (χ1n) is 6.41. The molecule has 2 aromatic rings. The Balaban J connectivity index is 2.56. The second kappa shape index (κ2) is 5.85. The molecular formula is C14H15F4N3. The molecule has 0 saturated carbocycles. The lowest BCUT2D eigenvalue weighted by atomic mass is 9.95. The van der Waals surface area contributed by atoms with Gasteiger partial charge in [0.15, 0.2) is 0 Å². The topological polar surface area (TPSA) is 29.9 Å². The highest BCUT2D eigenvalue weighted by Crippen LogP contribution is 2.36. The second-order valence-corrected chi connectivity index (χ2v) is 4.67. The van der Waals surface area contributed by atoms with Crippen LogP contribution >= 0.6 is 0 Å². The van der Waals surface area contributed by atoms with Gasteiger partial charge < -0.3 is 5.32 Å². The van der Waals surface area contributed by atoms with Crippen molar-refractivity contribution in [1.29, 1.82) is 0 Å². The Labute approximate surface area is 119 Å². The van der Waals surface area contributed by atoms with Gasteiger partial charge in [-0.05, 0) is 30.3 Å². The molecule has 1 aromatic carbocycles. The maximum absolute atomic E-state index is 13.4. The zero-order chi connectivity index (χ0) is 15.6. The van der Waals surface area contributed by atoms with Crippen LogP contribution in [0, 0.1) is 5.82 Å². The third-order valence-corrected chi connectivity index (χ3v) is 3.10. The Morgan fingerprint density at radius 1 is 1.33 bits per heavy atom. The van der Waals surface area contributed by atoms with E-state index in [0.717, 1.165) is 18.2 Å². The van der Waals surface area contributed by atoms with E-state index in [1.54, 1.807) is 20.2 Å². The molecule has 0 saturated heterocycles. The predicted molar refractivity (Wildman–Crippen MR) is 70.1 cm³/mol. The molecule has 1 heterocycles. The Hall–Kier alpha value is -1.89. The summed E-state index contributed by atoms with van der Waals surface area (Å²) in [4.78, 5) is 0. The second-order valence-electron chi connectivity index (χ2n) is 4.67. The van der Waals surface area contributed by atoms with Crippen LogP contribution in [-0.4, -0.2) is 16.3 Å². The van der Waals surface area contributed by atoms with Gasteiger partial charge in [-0.15, -0.1) is 0 Å². The minimum atomic E-state index is -4.54. The molecule has 0 aliphatic rings. The van der Waals surface area contributed by atoms with E-state index in [2.05, 4.69) is 10.4 Å². The summed E-state index contributed by atoms with van der Waals surface area (Å²) in [5.41, 5.74) is -0.438. The van der Waals surface area contributed by atoms with Crippen molar-refractivity contribution in [2.75, 3.05) is 6.54 Å². The first-order valence-corrected chi connectivity index (χ1v) is 6.41. The van der Waals surface area contributed by atoms with Gasteiger partial charge in [0.25, 0.3) is 0 Å². The van der Waals surface area contributed by atoms with Crippen molar-refractivity contribution in [3.05, 3.63) is 53.1 Å². The molecule has 1 atom stereocenters. The lowest BCUT2D eigenvalue weighted by Gasteiger charge is -2.21. The number of benzene rings is 1. The van der Waals surface area contributed by atoms with Gasteiger partial charge in [0, 0.05) is 18.8 Å². The summed E-state index contributed by atoms with van der Waals surface area (Å²) in [7, 11) is 1.67. The van der Waals surface area contributed by atoms with Gasteiger partial charge in [-0.3, -0.25) is 4.68 Å². The average Bonchev–Trinajstić information content (AvgIpc) is 2.80. The summed E-state index contributed by atoms with van der Waals surface area (Å²) < 4.78 is 54.3. The maximum Gasteiger partial charge on any atom is 0.416 e. The molecule has 1 aromatic heterocycles. The maximum atomic E-state index is 13.4. The van der Waals surface area contributed by atoms with Gasteiger partial charge in [-0.1, -0.05) is 6.92 Å². The molecule has 1 unspecified atom stereocenters. The zero-order valence-corrected chi connectivity index (χ0v) is 11.6. The van der Waals surface area contributed by atoms with Gasteiger partial charge in [-0.2, -0.15) is 18.3 Å². The Bertz CT molecular complexity index is 619. The Kier molecular flexibility index (Phi) is 4.32. The molecule has 1 N–H and O–H groups in total. The standard InChI is InChI=1S/C14H15F4N3/c1-3-19-13(9-7-20-21(2)8-9)11-6-10(15)4-5-12(11)14(16,17)18/h4-8,13,19H,3H2,1-2H3. The summed E-state index contributed by atoms with van der Waals surface area (Å²) >= 11 is 0.